The van der Waals surface area contributed by atoms with Crippen LogP contribution in [-0.4, -0.2) is 53.7 Å². The normalized spacial score (nSPS) is 29.7. The predicted molar refractivity (Wildman–Crippen MR) is 141 cm³/mol. The van der Waals surface area contributed by atoms with Crippen LogP contribution in [0.4, 0.5) is 0 Å². The number of hydrogen-bond donors (Lipinski definition) is 1. The minimum absolute atomic E-state index is 0.387. The van der Waals surface area contributed by atoms with E-state index in [-0.39, 0.29) is 0 Å². The molecule has 2 saturated heterocycles. The molecule has 4 bridgehead atoms. The second-order valence-electron chi connectivity index (χ2n) is 11.7. The van der Waals surface area contributed by atoms with E-state index >= 15 is 0 Å². The zero-order valence-corrected chi connectivity index (χ0v) is 21.4. The van der Waals surface area contributed by atoms with Gasteiger partial charge in [0.1, 0.15) is 0 Å². The van der Waals surface area contributed by atoms with Gasteiger partial charge in [0.15, 0.2) is 11.5 Å². The highest BCUT2D eigenvalue weighted by molar-refractivity contribution is 5.50. The molecule has 0 aromatic heterocycles. The Morgan fingerprint density at radius 2 is 1.80 bits per heavy atom. The molecule has 3 fully saturated rings. The van der Waals surface area contributed by atoms with E-state index in [1.165, 1.54) is 69.3 Å². The molecule has 188 valence electrons. The van der Waals surface area contributed by atoms with Gasteiger partial charge in [0.2, 0.25) is 0 Å². The second-order valence-corrected chi connectivity index (χ2v) is 11.7. The van der Waals surface area contributed by atoms with Gasteiger partial charge < -0.3 is 9.84 Å². The van der Waals surface area contributed by atoms with Gasteiger partial charge in [-0.15, -0.1) is 0 Å². The summed E-state index contributed by atoms with van der Waals surface area (Å²) in [6, 6.07) is 16.6. The Morgan fingerprint density at radius 3 is 2.60 bits per heavy atom. The van der Waals surface area contributed by atoms with Crippen LogP contribution in [0, 0.1) is 17.8 Å². The Morgan fingerprint density at radius 1 is 0.943 bits per heavy atom. The number of rotatable bonds is 5. The maximum atomic E-state index is 11.1. The Hall–Kier alpha value is -2.04. The first-order chi connectivity index (χ1) is 17.2. The third-order valence-corrected chi connectivity index (χ3v) is 9.54. The van der Waals surface area contributed by atoms with Gasteiger partial charge in [-0.25, -0.2) is 0 Å². The molecule has 2 aliphatic carbocycles. The minimum atomic E-state index is 0.387. The van der Waals surface area contributed by atoms with Crippen LogP contribution in [0.15, 0.2) is 42.5 Å². The van der Waals surface area contributed by atoms with Gasteiger partial charge in [-0.1, -0.05) is 36.4 Å². The zero-order chi connectivity index (χ0) is 23.8. The van der Waals surface area contributed by atoms with E-state index < -0.39 is 0 Å². The average Bonchev–Trinajstić information content (AvgIpc) is 3.62. The van der Waals surface area contributed by atoms with Crippen LogP contribution in [0.1, 0.15) is 61.6 Å². The largest absolute Gasteiger partial charge is 0.504 e. The molecule has 2 aromatic rings. The summed E-state index contributed by atoms with van der Waals surface area (Å²) in [5.74, 6) is 3.50. The molecule has 2 aromatic carbocycles. The molecular formula is C31H42N2O2. The lowest BCUT2D eigenvalue weighted by molar-refractivity contribution is 0.105. The predicted octanol–water partition coefficient (Wildman–Crippen LogP) is 5.66. The molecule has 4 nitrogen and oxygen atoms in total. The number of phenols is 1. The van der Waals surface area contributed by atoms with Crippen LogP contribution in [0.3, 0.4) is 0 Å². The molecule has 0 spiro atoms. The van der Waals surface area contributed by atoms with Gasteiger partial charge >= 0.3 is 0 Å². The Labute approximate surface area is 211 Å². The van der Waals surface area contributed by atoms with E-state index in [0.717, 1.165) is 49.1 Å². The summed E-state index contributed by atoms with van der Waals surface area (Å²) in [6.45, 7) is 4.84. The maximum absolute atomic E-state index is 11.1. The summed E-state index contributed by atoms with van der Waals surface area (Å²) >= 11 is 0. The summed E-state index contributed by atoms with van der Waals surface area (Å²) in [5.41, 5.74) is 3.95. The van der Waals surface area contributed by atoms with Gasteiger partial charge in [-0.3, -0.25) is 9.80 Å². The first kappa shape index (κ1) is 23.4. The zero-order valence-electron chi connectivity index (χ0n) is 21.4. The number of fused-ring (bicyclic) bond motifs is 5. The summed E-state index contributed by atoms with van der Waals surface area (Å²) in [7, 11) is 1.67. The molecule has 5 aliphatic rings. The summed E-state index contributed by atoms with van der Waals surface area (Å²) < 4.78 is 5.50. The molecule has 3 aliphatic heterocycles. The lowest BCUT2D eigenvalue weighted by Crippen LogP contribution is -2.45. The van der Waals surface area contributed by atoms with Crippen molar-refractivity contribution in [1.29, 1.82) is 0 Å². The van der Waals surface area contributed by atoms with Crippen LogP contribution in [-0.2, 0) is 19.4 Å². The maximum Gasteiger partial charge on any atom is 0.161 e. The third-order valence-electron chi connectivity index (χ3n) is 9.54. The van der Waals surface area contributed by atoms with Crippen molar-refractivity contribution < 1.29 is 9.84 Å². The van der Waals surface area contributed by atoms with Crippen molar-refractivity contribution in [2.24, 2.45) is 17.8 Å². The van der Waals surface area contributed by atoms with Crippen molar-refractivity contribution in [3.8, 4) is 11.5 Å². The van der Waals surface area contributed by atoms with E-state index in [4.69, 9.17) is 4.74 Å². The minimum Gasteiger partial charge on any atom is -0.504 e. The number of aromatic hydroxyl groups is 1. The fourth-order valence-corrected chi connectivity index (χ4v) is 7.52. The molecule has 1 saturated carbocycles. The van der Waals surface area contributed by atoms with Crippen molar-refractivity contribution in [2.75, 3.05) is 26.7 Å². The molecule has 1 N–H and O–H groups in total. The number of nitrogens with zero attached hydrogens (tertiary/aromatic N) is 2. The van der Waals surface area contributed by atoms with Crippen LogP contribution in [0.25, 0.3) is 0 Å². The Kier molecular flexibility index (Phi) is 6.77. The molecule has 7 rings (SSSR count). The number of ether oxygens (including phenoxy) is 1. The molecule has 3 unspecified atom stereocenters. The van der Waals surface area contributed by atoms with Gasteiger partial charge in [-0.05, 0) is 99.3 Å². The van der Waals surface area contributed by atoms with E-state index in [1.54, 1.807) is 7.11 Å². The molecule has 3 heterocycles. The molecule has 0 amide bonds. The summed E-state index contributed by atoms with van der Waals surface area (Å²) in [4.78, 5) is 5.70. The third kappa shape index (κ3) is 4.97. The van der Waals surface area contributed by atoms with Gasteiger partial charge in [0.05, 0.1) is 7.11 Å². The molecule has 4 heteroatoms. The number of phenolic OH excluding ortho intramolecular Hbond substituents is 1. The van der Waals surface area contributed by atoms with Crippen molar-refractivity contribution in [3.63, 3.8) is 0 Å². The van der Waals surface area contributed by atoms with Crippen LogP contribution in [0.5, 0.6) is 11.5 Å². The molecule has 0 radical (unpaired) electrons. The van der Waals surface area contributed by atoms with Crippen LogP contribution < -0.4 is 4.74 Å². The van der Waals surface area contributed by atoms with Crippen molar-refractivity contribution in [2.45, 2.75) is 76.4 Å². The first-order valence-electron chi connectivity index (χ1n) is 14.1. The standard InChI is InChI=1S/C31H42N2O2/c1-35-30-15-12-24-18-26-13-14-29-27(16-17-32(26)19-23-10-11-23)25(8-5-9-28(24)31(30)34)21-33(29)20-22-6-3-2-4-7-22/h2-4,6-7,12,15,23,25-27,29,34H,5,8-11,13-14,16-21H2,1H3/t25-,26?,27?,29?/m1/s1. The SMILES string of the molecule is COc1ccc2c(c1O)CCC[C@@H]1CN(Cc3ccccc3)C3CCC(C2)N(CC2CC2)CCC31. The summed E-state index contributed by atoms with van der Waals surface area (Å²) in [5, 5.41) is 11.1. The number of likely N-dealkylation sites (tertiary alicyclic amines) is 1. The topological polar surface area (TPSA) is 35.9 Å². The quantitative estimate of drug-likeness (QED) is 0.607. The second kappa shape index (κ2) is 10.1. The van der Waals surface area contributed by atoms with E-state index in [0.29, 0.717) is 23.6 Å². The van der Waals surface area contributed by atoms with Crippen molar-refractivity contribution >= 4 is 0 Å². The van der Waals surface area contributed by atoms with Crippen LogP contribution >= 0.6 is 0 Å². The lowest BCUT2D eigenvalue weighted by atomic mass is 9.79. The fourth-order valence-electron chi connectivity index (χ4n) is 7.52. The fraction of sp³-hybridized carbons (Fsp3) is 0.613. The molecule has 4 atom stereocenters. The molecular weight excluding hydrogens is 432 g/mol. The Balaban J connectivity index is 1.32. The average molecular weight is 475 g/mol. The lowest BCUT2D eigenvalue weighted by Gasteiger charge is -2.40. The van der Waals surface area contributed by atoms with Gasteiger partial charge in [-0.2, -0.15) is 0 Å². The van der Waals surface area contributed by atoms with E-state index in [1.807, 2.05) is 6.07 Å². The van der Waals surface area contributed by atoms with Crippen LogP contribution in [0.2, 0.25) is 0 Å². The molecule has 35 heavy (non-hydrogen) atoms. The number of hydrogen-bond acceptors (Lipinski definition) is 4. The number of benzene rings is 2. The highest BCUT2D eigenvalue weighted by Gasteiger charge is 2.43. The monoisotopic (exact) mass is 474 g/mol. The van der Waals surface area contributed by atoms with Crippen molar-refractivity contribution in [3.05, 3.63) is 59.2 Å². The smallest absolute Gasteiger partial charge is 0.161 e. The van der Waals surface area contributed by atoms with Gasteiger partial charge in [0.25, 0.3) is 0 Å². The summed E-state index contributed by atoms with van der Waals surface area (Å²) in [6.07, 6.45) is 11.2. The van der Waals surface area contributed by atoms with E-state index in [2.05, 4.69) is 46.2 Å². The number of methoxy groups -OCH3 is 1. The highest BCUT2D eigenvalue weighted by Crippen LogP contribution is 2.43. The van der Waals surface area contributed by atoms with E-state index in [9.17, 15) is 5.11 Å². The van der Waals surface area contributed by atoms with Gasteiger partial charge in [0, 0.05) is 37.3 Å². The first-order valence-corrected chi connectivity index (χ1v) is 14.1. The Bertz CT molecular complexity index is 1000. The highest BCUT2D eigenvalue weighted by atomic mass is 16.5. The van der Waals surface area contributed by atoms with Crippen molar-refractivity contribution in [1.82, 2.24) is 9.80 Å².